The summed E-state index contributed by atoms with van der Waals surface area (Å²) in [5.41, 5.74) is 5.11. The van der Waals surface area contributed by atoms with E-state index in [9.17, 15) is 4.79 Å². The van der Waals surface area contributed by atoms with E-state index in [-0.39, 0.29) is 12.0 Å². The Balaban J connectivity index is 2.15. The fourth-order valence-electron chi connectivity index (χ4n) is 2.24. The molecule has 0 fully saturated rings. The van der Waals surface area contributed by atoms with Crippen LogP contribution in [0.5, 0.6) is 0 Å². The van der Waals surface area contributed by atoms with Gasteiger partial charge in [-0.25, -0.2) is 4.79 Å². The molecular formula is C18H21NO2. The largest absolute Gasteiger partial charge is 0.465 e. The van der Waals surface area contributed by atoms with Crippen LogP contribution in [0.15, 0.2) is 42.5 Å². The number of esters is 1. The highest BCUT2D eigenvalue weighted by atomic mass is 16.5. The van der Waals surface area contributed by atoms with Gasteiger partial charge in [0.2, 0.25) is 0 Å². The van der Waals surface area contributed by atoms with Crippen LogP contribution in [-0.4, -0.2) is 13.1 Å². The molecule has 0 heterocycles. The Hall–Kier alpha value is -2.29. The molecule has 3 heteroatoms. The molecule has 0 saturated heterocycles. The van der Waals surface area contributed by atoms with E-state index in [1.807, 2.05) is 19.1 Å². The number of hydrogen-bond donors (Lipinski definition) is 1. The Bertz CT molecular complexity index is 632. The minimum absolute atomic E-state index is 0.202. The maximum atomic E-state index is 11.5. The third kappa shape index (κ3) is 3.63. The Kier molecular flexibility index (Phi) is 4.63. The van der Waals surface area contributed by atoms with Crippen LogP contribution in [0.2, 0.25) is 0 Å². The van der Waals surface area contributed by atoms with Crippen LogP contribution in [-0.2, 0) is 4.74 Å². The molecule has 0 saturated carbocycles. The topological polar surface area (TPSA) is 38.3 Å². The summed E-state index contributed by atoms with van der Waals surface area (Å²) in [5, 5.41) is 3.48. The number of nitrogens with one attached hydrogen (secondary N) is 1. The second-order valence-electron chi connectivity index (χ2n) is 5.30. The van der Waals surface area contributed by atoms with E-state index in [1.54, 1.807) is 6.07 Å². The predicted octanol–water partition coefficient (Wildman–Crippen LogP) is 4.26. The van der Waals surface area contributed by atoms with Crippen LogP contribution in [0.4, 0.5) is 5.69 Å². The zero-order valence-electron chi connectivity index (χ0n) is 12.9. The lowest BCUT2D eigenvalue weighted by Crippen LogP contribution is -2.09. The average Bonchev–Trinajstić information content (AvgIpc) is 2.49. The normalized spacial score (nSPS) is 11.8. The molecule has 21 heavy (non-hydrogen) atoms. The molecule has 1 N–H and O–H groups in total. The highest BCUT2D eigenvalue weighted by Crippen LogP contribution is 2.23. The van der Waals surface area contributed by atoms with Crippen molar-refractivity contribution in [1.82, 2.24) is 0 Å². The van der Waals surface area contributed by atoms with Crippen LogP contribution in [0.25, 0.3) is 0 Å². The van der Waals surface area contributed by atoms with Gasteiger partial charge in [0.1, 0.15) is 0 Å². The number of anilines is 1. The molecule has 0 bridgehead atoms. The lowest BCUT2D eigenvalue weighted by Gasteiger charge is -2.18. The van der Waals surface area contributed by atoms with E-state index < -0.39 is 0 Å². The third-order valence-corrected chi connectivity index (χ3v) is 3.60. The number of hydrogen-bond acceptors (Lipinski definition) is 3. The van der Waals surface area contributed by atoms with Crippen molar-refractivity contribution in [2.45, 2.75) is 26.8 Å². The average molecular weight is 283 g/mol. The molecule has 2 aromatic rings. The minimum atomic E-state index is -0.309. The SMILES string of the molecule is COC(=O)c1ccc(NC(C)c2ccc(C)cc2)c(C)c1. The summed E-state index contributed by atoms with van der Waals surface area (Å²) in [6, 6.07) is 14.2. The van der Waals surface area contributed by atoms with Gasteiger partial charge in [-0.1, -0.05) is 29.8 Å². The van der Waals surface area contributed by atoms with E-state index >= 15 is 0 Å². The van der Waals surface area contributed by atoms with E-state index in [0.29, 0.717) is 5.56 Å². The summed E-state index contributed by atoms with van der Waals surface area (Å²) >= 11 is 0. The molecule has 0 radical (unpaired) electrons. The van der Waals surface area contributed by atoms with Crippen LogP contribution < -0.4 is 5.32 Å². The van der Waals surface area contributed by atoms with Crippen molar-refractivity contribution in [3.05, 3.63) is 64.7 Å². The second kappa shape index (κ2) is 6.44. The van der Waals surface area contributed by atoms with Crippen molar-refractivity contribution < 1.29 is 9.53 Å². The molecule has 0 aromatic heterocycles. The van der Waals surface area contributed by atoms with Crippen LogP contribution in [0.3, 0.4) is 0 Å². The first kappa shape index (κ1) is 15.1. The zero-order chi connectivity index (χ0) is 15.4. The van der Waals surface area contributed by atoms with Gasteiger partial charge in [-0.3, -0.25) is 0 Å². The van der Waals surface area contributed by atoms with Gasteiger partial charge in [0.25, 0.3) is 0 Å². The van der Waals surface area contributed by atoms with E-state index in [2.05, 4.69) is 43.4 Å². The van der Waals surface area contributed by atoms with Gasteiger partial charge >= 0.3 is 5.97 Å². The molecule has 0 aliphatic carbocycles. The van der Waals surface area contributed by atoms with Gasteiger partial charge in [0, 0.05) is 11.7 Å². The number of aryl methyl sites for hydroxylation is 2. The zero-order valence-corrected chi connectivity index (χ0v) is 12.9. The molecule has 110 valence electrons. The number of carbonyl (C=O) groups is 1. The molecule has 0 aliphatic rings. The highest BCUT2D eigenvalue weighted by molar-refractivity contribution is 5.90. The van der Waals surface area contributed by atoms with Gasteiger partial charge in [-0.2, -0.15) is 0 Å². The number of ether oxygens (including phenoxy) is 1. The highest BCUT2D eigenvalue weighted by Gasteiger charge is 2.10. The first-order valence-electron chi connectivity index (χ1n) is 7.03. The fourth-order valence-corrected chi connectivity index (χ4v) is 2.24. The van der Waals surface area contributed by atoms with Gasteiger partial charge in [-0.05, 0) is 50.1 Å². The van der Waals surface area contributed by atoms with Gasteiger partial charge < -0.3 is 10.1 Å². The van der Waals surface area contributed by atoms with E-state index in [4.69, 9.17) is 4.74 Å². The lowest BCUT2D eigenvalue weighted by molar-refractivity contribution is 0.0600. The van der Waals surface area contributed by atoms with Gasteiger partial charge in [0.05, 0.1) is 12.7 Å². The smallest absolute Gasteiger partial charge is 0.337 e. The van der Waals surface area contributed by atoms with Crippen molar-refractivity contribution in [3.63, 3.8) is 0 Å². The Morgan fingerprint density at radius 2 is 1.76 bits per heavy atom. The second-order valence-corrected chi connectivity index (χ2v) is 5.30. The van der Waals surface area contributed by atoms with Crippen LogP contribution >= 0.6 is 0 Å². The predicted molar refractivity (Wildman–Crippen MR) is 85.7 cm³/mol. The summed E-state index contributed by atoms with van der Waals surface area (Å²) in [6.07, 6.45) is 0. The van der Waals surface area contributed by atoms with Crippen molar-refractivity contribution in [2.24, 2.45) is 0 Å². The maximum Gasteiger partial charge on any atom is 0.337 e. The van der Waals surface area contributed by atoms with Crippen molar-refractivity contribution in [2.75, 3.05) is 12.4 Å². The fraction of sp³-hybridized carbons (Fsp3) is 0.278. The maximum absolute atomic E-state index is 11.5. The summed E-state index contributed by atoms with van der Waals surface area (Å²) in [4.78, 5) is 11.5. The summed E-state index contributed by atoms with van der Waals surface area (Å²) in [7, 11) is 1.39. The summed E-state index contributed by atoms with van der Waals surface area (Å²) in [5.74, 6) is -0.309. The first-order chi connectivity index (χ1) is 10.0. The molecule has 0 spiro atoms. The first-order valence-corrected chi connectivity index (χ1v) is 7.03. The molecule has 3 nitrogen and oxygen atoms in total. The van der Waals surface area contributed by atoms with Gasteiger partial charge in [-0.15, -0.1) is 0 Å². The minimum Gasteiger partial charge on any atom is -0.465 e. The summed E-state index contributed by atoms with van der Waals surface area (Å²) in [6.45, 7) is 6.19. The molecule has 1 unspecified atom stereocenters. The summed E-state index contributed by atoms with van der Waals surface area (Å²) < 4.78 is 4.73. The number of rotatable bonds is 4. The van der Waals surface area contributed by atoms with Crippen molar-refractivity contribution in [1.29, 1.82) is 0 Å². The molecule has 2 aromatic carbocycles. The molecular weight excluding hydrogens is 262 g/mol. The third-order valence-electron chi connectivity index (χ3n) is 3.60. The Morgan fingerprint density at radius 3 is 2.33 bits per heavy atom. The standard InChI is InChI=1S/C18H21NO2/c1-12-5-7-15(8-6-12)14(3)19-17-10-9-16(11-13(17)2)18(20)21-4/h5-11,14,19H,1-4H3. The number of carbonyl (C=O) groups excluding carboxylic acids is 1. The molecule has 0 aliphatic heterocycles. The van der Waals surface area contributed by atoms with Gasteiger partial charge in [0.15, 0.2) is 0 Å². The monoisotopic (exact) mass is 283 g/mol. The number of methoxy groups -OCH3 is 1. The van der Waals surface area contributed by atoms with Crippen molar-refractivity contribution in [3.8, 4) is 0 Å². The van der Waals surface area contributed by atoms with E-state index in [0.717, 1.165) is 11.3 Å². The number of benzene rings is 2. The van der Waals surface area contributed by atoms with E-state index in [1.165, 1.54) is 18.2 Å². The molecule has 0 amide bonds. The Morgan fingerprint density at radius 1 is 1.10 bits per heavy atom. The van der Waals surface area contributed by atoms with Crippen molar-refractivity contribution >= 4 is 11.7 Å². The molecule has 1 atom stereocenters. The molecule has 2 rings (SSSR count). The quantitative estimate of drug-likeness (QED) is 0.852. The lowest BCUT2D eigenvalue weighted by atomic mass is 10.0. The Labute approximate surface area is 126 Å². The van der Waals surface area contributed by atoms with Crippen LogP contribution in [0, 0.1) is 13.8 Å². The van der Waals surface area contributed by atoms with Crippen LogP contribution in [0.1, 0.15) is 40.0 Å².